The maximum absolute atomic E-state index is 13.3. The zero-order valence-electron chi connectivity index (χ0n) is 15.1. The summed E-state index contributed by atoms with van der Waals surface area (Å²) < 4.78 is 1.85. The van der Waals surface area contributed by atoms with E-state index in [-0.39, 0.29) is 17.7 Å². The minimum absolute atomic E-state index is 0.185. The third-order valence-corrected chi connectivity index (χ3v) is 5.41. The van der Waals surface area contributed by atoms with Crippen molar-refractivity contribution in [3.05, 3.63) is 88.9 Å². The van der Waals surface area contributed by atoms with Crippen molar-refractivity contribution in [1.29, 1.82) is 0 Å². The van der Waals surface area contributed by atoms with Crippen LogP contribution in [-0.2, 0) is 4.79 Å². The Morgan fingerprint density at radius 1 is 0.963 bits per heavy atom. The van der Waals surface area contributed by atoms with E-state index in [9.17, 15) is 4.79 Å². The number of hydrogen-bond acceptors (Lipinski definition) is 4. The molecule has 0 fully saturated rings. The fourth-order valence-electron chi connectivity index (χ4n) is 4.22. The molecule has 27 heavy (non-hydrogen) atoms. The highest BCUT2D eigenvalue weighted by molar-refractivity contribution is 6.00. The zero-order chi connectivity index (χ0) is 18.4. The molecule has 2 heterocycles. The molecule has 5 rings (SSSR count). The molecular formula is C22H20N4O. The Morgan fingerprint density at radius 2 is 1.63 bits per heavy atom. The molecule has 0 amide bonds. The van der Waals surface area contributed by atoms with E-state index in [0.29, 0.717) is 18.2 Å². The van der Waals surface area contributed by atoms with Crippen molar-refractivity contribution in [3.63, 3.8) is 0 Å². The van der Waals surface area contributed by atoms with E-state index < -0.39 is 0 Å². The third-order valence-electron chi connectivity index (χ3n) is 5.41. The second-order valence-corrected chi connectivity index (χ2v) is 7.20. The minimum Gasteiger partial charge on any atom is -0.328 e. The SMILES string of the molecule is Cc1nc2n(n1)[C@H](c1ccccc1)C1=C(C[C@@H](c3ccccc3)CC1=O)N2. The average Bonchev–Trinajstić information content (AvgIpc) is 3.07. The maximum Gasteiger partial charge on any atom is 0.226 e. The highest BCUT2D eigenvalue weighted by atomic mass is 16.1. The molecule has 2 atom stereocenters. The molecule has 0 radical (unpaired) electrons. The van der Waals surface area contributed by atoms with E-state index in [0.717, 1.165) is 23.3 Å². The van der Waals surface area contributed by atoms with Crippen LogP contribution in [0.2, 0.25) is 0 Å². The van der Waals surface area contributed by atoms with Gasteiger partial charge in [0.05, 0.1) is 0 Å². The number of carbonyl (C=O) groups excluding carboxylic acids is 1. The number of aryl methyl sites for hydroxylation is 1. The van der Waals surface area contributed by atoms with Gasteiger partial charge in [0, 0.05) is 17.7 Å². The van der Waals surface area contributed by atoms with E-state index in [1.54, 1.807) is 0 Å². The molecule has 5 heteroatoms. The number of nitrogens with zero attached hydrogens (tertiary/aromatic N) is 3. The second kappa shape index (κ2) is 6.20. The van der Waals surface area contributed by atoms with Crippen LogP contribution in [-0.4, -0.2) is 20.5 Å². The summed E-state index contributed by atoms with van der Waals surface area (Å²) in [5.41, 5.74) is 4.07. The Bertz CT molecular complexity index is 1040. The number of aromatic nitrogens is 3. The number of benzene rings is 2. The van der Waals surface area contributed by atoms with Gasteiger partial charge < -0.3 is 5.32 Å². The molecule has 0 unspecified atom stereocenters. The molecule has 1 aliphatic carbocycles. The first kappa shape index (κ1) is 16.0. The van der Waals surface area contributed by atoms with Gasteiger partial charge in [-0.1, -0.05) is 60.7 Å². The second-order valence-electron chi connectivity index (χ2n) is 7.20. The van der Waals surface area contributed by atoms with Crippen LogP contribution in [0.3, 0.4) is 0 Å². The number of nitrogens with one attached hydrogen (secondary N) is 1. The van der Waals surface area contributed by atoms with E-state index in [1.165, 1.54) is 5.56 Å². The van der Waals surface area contributed by atoms with Crippen molar-refractivity contribution in [2.45, 2.75) is 31.7 Å². The van der Waals surface area contributed by atoms with Gasteiger partial charge in [0.2, 0.25) is 5.95 Å². The summed E-state index contributed by atoms with van der Waals surface area (Å²) in [5, 5.41) is 7.97. The molecule has 1 aliphatic heterocycles. The van der Waals surface area contributed by atoms with Gasteiger partial charge in [-0.3, -0.25) is 4.79 Å². The number of Topliss-reactive ketones (excluding diaryl/α,β-unsaturated/α-hetero) is 1. The number of rotatable bonds is 2. The number of ketones is 1. The summed E-state index contributed by atoms with van der Waals surface area (Å²) in [6.07, 6.45) is 1.33. The lowest BCUT2D eigenvalue weighted by Gasteiger charge is -2.35. The first-order valence-corrected chi connectivity index (χ1v) is 9.27. The summed E-state index contributed by atoms with van der Waals surface area (Å²) in [5.74, 6) is 1.79. The molecule has 0 saturated carbocycles. The molecule has 0 saturated heterocycles. The van der Waals surface area contributed by atoms with E-state index in [2.05, 4.69) is 39.7 Å². The van der Waals surface area contributed by atoms with Crippen LogP contribution in [0.25, 0.3) is 0 Å². The number of fused-ring (bicyclic) bond motifs is 1. The number of carbonyl (C=O) groups is 1. The molecule has 5 nitrogen and oxygen atoms in total. The van der Waals surface area contributed by atoms with Gasteiger partial charge in [0.15, 0.2) is 5.78 Å². The number of allylic oxidation sites excluding steroid dienone is 2. The van der Waals surface area contributed by atoms with Crippen LogP contribution in [0.1, 0.15) is 41.8 Å². The van der Waals surface area contributed by atoms with Crippen molar-refractivity contribution >= 4 is 11.7 Å². The highest BCUT2D eigenvalue weighted by Crippen LogP contribution is 2.43. The summed E-state index contributed by atoms with van der Waals surface area (Å²) >= 11 is 0. The van der Waals surface area contributed by atoms with Gasteiger partial charge in [-0.25, -0.2) is 4.68 Å². The standard InChI is InChI=1S/C22H20N4O/c1-14-23-22-24-18-12-17(15-8-4-2-5-9-15)13-19(27)20(18)21(26(22)25-14)16-10-6-3-7-11-16/h2-11,17,21H,12-13H2,1H3,(H,23,24,25)/t17-,21-/m1/s1. The molecule has 1 N–H and O–H groups in total. The van der Waals surface area contributed by atoms with Crippen molar-refractivity contribution < 1.29 is 4.79 Å². The van der Waals surface area contributed by atoms with Crippen molar-refractivity contribution in [2.24, 2.45) is 0 Å². The van der Waals surface area contributed by atoms with Crippen molar-refractivity contribution in [3.8, 4) is 0 Å². The predicted octanol–water partition coefficient (Wildman–Crippen LogP) is 4.00. The van der Waals surface area contributed by atoms with Gasteiger partial charge in [0.25, 0.3) is 0 Å². The van der Waals surface area contributed by atoms with Crippen LogP contribution in [0.5, 0.6) is 0 Å². The monoisotopic (exact) mass is 356 g/mol. The van der Waals surface area contributed by atoms with Crippen LogP contribution in [0.15, 0.2) is 71.9 Å². The fourth-order valence-corrected chi connectivity index (χ4v) is 4.22. The smallest absolute Gasteiger partial charge is 0.226 e. The fraction of sp³-hybridized carbons (Fsp3) is 0.227. The van der Waals surface area contributed by atoms with Gasteiger partial charge >= 0.3 is 0 Å². The van der Waals surface area contributed by atoms with Crippen LogP contribution in [0.4, 0.5) is 5.95 Å². The lowest BCUT2D eigenvalue weighted by atomic mass is 9.78. The Labute approximate surface area is 157 Å². The summed E-state index contributed by atoms with van der Waals surface area (Å²) in [6.45, 7) is 1.88. The molecule has 3 aromatic rings. The maximum atomic E-state index is 13.3. The van der Waals surface area contributed by atoms with Crippen LogP contribution < -0.4 is 5.32 Å². The quantitative estimate of drug-likeness (QED) is 0.754. The lowest BCUT2D eigenvalue weighted by Crippen LogP contribution is -2.33. The Balaban J connectivity index is 1.62. The van der Waals surface area contributed by atoms with E-state index in [4.69, 9.17) is 0 Å². The molecular weight excluding hydrogens is 336 g/mol. The van der Waals surface area contributed by atoms with Gasteiger partial charge in [-0.05, 0) is 30.4 Å². The number of hydrogen-bond donors (Lipinski definition) is 1. The Kier molecular flexibility index (Phi) is 3.67. The first-order chi connectivity index (χ1) is 13.2. The summed E-state index contributed by atoms with van der Waals surface area (Å²) in [4.78, 5) is 17.8. The molecule has 0 spiro atoms. The van der Waals surface area contributed by atoms with E-state index >= 15 is 0 Å². The molecule has 2 aliphatic rings. The average molecular weight is 356 g/mol. The number of anilines is 1. The third kappa shape index (κ3) is 2.67. The lowest BCUT2D eigenvalue weighted by molar-refractivity contribution is -0.116. The highest BCUT2D eigenvalue weighted by Gasteiger charge is 2.39. The largest absolute Gasteiger partial charge is 0.328 e. The van der Waals surface area contributed by atoms with Gasteiger partial charge in [-0.15, -0.1) is 0 Å². The molecule has 134 valence electrons. The first-order valence-electron chi connectivity index (χ1n) is 9.27. The van der Waals surface area contributed by atoms with Crippen molar-refractivity contribution in [2.75, 3.05) is 5.32 Å². The molecule has 0 bridgehead atoms. The molecule has 1 aromatic heterocycles. The van der Waals surface area contributed by atoms with Gasteiger partial charge in [0.1, 0.15) is 11.9 Å². The van der Waals surface area contributed by atoms with Crippen molar-refractivity contribution in [1.82, 2.24) is 14.8 Å². The summed E-state index contributed by atoms with van der Waals surface area (Å²) in [6, 6.07) is 20.2. The molecule has 2 aromatic carbocycles. The Hall–Kier alpha value is -3.21. The Morgan fingerprint density at radius 3 is 2.33 bits per heavy atom. The van der Waals surface area contributed by atoms with Gasteiger partial charge in [-0.2, -0.15) is 10.1 Å². The zero-order valence-corrected chi connectivity index (χ0v) is 15.1. The van der Waals surface area contributed by atoms with Crippen LogP contribution in [0, 0.1) is 6.92 Å². The predicted molar refractivity (Wildman–Crippen MR) is 103 cm³/mol. The normalized spacial score (nSPS) is 21.4. The van der Waals surface area contributed by atoms with E-state index in [1.807, 2.05) is 48.0 Å². The summed E-state index contributed by atoms with van der Waals surface area (Å²) in [7, 11) is 0. The van der Waals surface area contributed by atoms with Crippen LogP contribution >= 0.6 is 0 Å². The minimum atomic E-state index is -0.220. The topological polar surface area (TPSA) is 59.8 Å².